The van der Waals surface area contributed by atoms with E-state index in [1.807, 2.05) is 0 Å². The Bertz CT molecular complexity index is 343. The van der Waals surface area contributed by atoms with Gasteiger partial charge in [0.15, 0.2) is 0 Å². The number of hydrogen-bond donors (Lipinski definition) is 1. The van der Waals surface area contributed by atoms with Crippen LogP contribution in [0.4, 0.5) is 0 Å². The minimum atomic E-state index is -0.507. The van der Waals surface area contributed by atoms with Crippen LogP contribution in [-0.2, 0) is 4.89 Å². The van der Waals surface area contributed by atoms with Crippen molar-refractivity contribution in [2.24, 2.45) is 17.8 Å². The first kappa shape index (κ1) is 12.8. The van der Waals surface area contributed by atoms with Crippen molar-refractivity contribution in [1.29, 1.82) is 0 Å². The van der Waals surface area contributed by atoms with E-state index in [-0.39, 0.29) is 0 Å². The molecular formula is C15H24O2. The third-order valence-electron chi connectivity index (χ3n) is 4.75. The molecule has 1 saturated carbocycles. The molecule has 1 N–H and O–H groups in total. The number of allylic oxidation sites excluding steroid dienone is 1. The van der Waals surface area contributed by atoms with E-state index in [1.54, 1.807) is 0 Å². The average molecular weight is 236 g/mol. The molecular weight excluding hydrogens is 212 g/mol. The highest BCUT2D eigenvalue weighted by Gasteiger charge is 2.50. The summed E-state index contributed by atoms with van der Waals surface area (Å²) >= 11 is 0. The molecule has 0 aromatic carbocycles. The Morgan fingerprint density at radius 2 is 2.18 bits per heavy atom. The van der Waals surface area contributed by atoms with Gasteiger partial charge in [-0.2, -0.15) is 0 Å². The first-order valence-electron chi connectivity index (χ1n) is 6.69. The fourth-order valence-electron chi connectivity index (χ4n) is 3.61. The minimum absolute atomic E-state index is 0.294. The summed E-state index contributed by atoms with van der Waals surface area (Å²) in [5.74, 6) is 1.50. The summed E-state index contributed by atoms with van der Waals surface area (Å²) in [4.78, 5) is 4.98. The third-order valence-corrected chi connectivity index (χ3v) is 4.75. The zero-order valence-corrected chi connectivity index (χ0v) is 11.2. The molecule has 0 saturated heterocycles. The zero-order valence-electron chi connectivity index (χ0n) is 11.2. The average Bonchev–Trinajstić information content (AvgIpc) is 2.29. The smallest absolute Gasteiger partial charge is 0.131 e. The molecule has 0 aromatic heterocycles. The Kier molecular flexibility index (Phi) is 3.46. The van der Waals surface area contributed by atoms with Gasteiger partial charge in [0, 0.05) is 5.92 Å². The van der Waals surface area contributed by atoms with Crippen molar-refractivity contribution in [1.82, 2.24) is 0 Å². The van der Waals surface area contributed by atoms with Gasteiger partial charge in [-0.3, -0.25) is 5.26 Å². The summed E-state index contributed by atoms with van der Waals surface area (Å²) in [6.07, 6.45) is 6.33. The minimum Gasteiger partial charge on any atom is -0.251 e. The molecule has 17 heavy (non-hydrogen) atoms. The fraction of sp³-hybridized carbons (Fsp3) is 0.733. The fourth-order valence-corrected chi connectivity index (χ4v) is 3.61. The van der Waals surface area contributed by atoms with Crippen molar-refractivity contribution in [2.75, 3.05) is 0 Å². The van der Waals surface area contributed by atoms with Gasteiger partial charge in [0.05, 0.1) is 0 Å². The highest BCUT2D eigenvalue weighted by atomic mass is 17.1. The summed E-state index contributed by atoms with van der Waals surface area (Å²) in [5.41, 5.74) is 1.99. The molecule has 0 aliphatic heterocycles. The summed E-state index contributed by atoms with van der Waals surface area (Å²) in [6.45, 7) is 10.8. The van der Waals surface area contributed by atoms with Gasteiger partial charge in [0.1, 0.15) is 5.60 Å². The Morgan fingerprint density at radius 1 is 1.47 bits per heavy atom. The first-order valence-corrected chi connectivity index (χ1v) is 6.69. The van der Waals surface area contributed by atoms with Crippen molar-refractivity contribution in [3.05, 3.63) is 23.8 Å². The monoisotopic (exact) mass is 236 g/mol. The first-order chi connectivity index (χ1) is 8.01. The molecule has 2 aliphatic rings. The van der Waals surface area contributed by atoms with E-state index in [9.17, 15) is 5.26 Å². The lowest BCUT2D eigenvalue weighted by molar-refractivity contribution is -0.332. The predicted molar refractivity (Wildman–Crippen MR) is 69.6 cm³/mol. The van der Waals surface area contributed by atoms with E-state index in [0.717, 1.165) is 31.3 Å². The molecule has 2 heteroatoms. The van der Waals surface area contributed by atoms with Crippen molar-refractivity contribution in [2.45, 2.75) is 52.1 Å². The van der Waals surface area contributed by atoms with Gasteiger partial charge in [-0.25, -0.2) is 4.89 Å². The molecule has 3 atom stereocenters. The van der Waals surface area contributed by atoms with E-state index in [0.29, 0.717) is 17.8 Å². The van der Waals surface area contributed by atoms with E-state index >= 15 is 0 Å². The van der Waals surface area contributed by atoms with E-state index in [2.05, 4.69) is 33.4 Å². The van der Waals surface area contributed by atoms with Crippen LogP contribution in [0.5, 0.6) is 0 Å². The van der Waals surface area contributed by atoms with Crippen LogP contribution in [0.15, 0.2) is 23.8 Å². The molecule has 96 valence electrons. The summed E-state index contributed by atoms with van der Waals surface area (Å²) in [6, 6.07) is 0. The topological polar surface area (TPSA) is 29.5 Å². The van der Waals surface area contributed by atoms with Gasteiger partial charge in [-0.05, 0) is 50.0 Å². The Morgan fingerprint density at radius 3 is 2.76 bits per heavy atom. The SMILES string of the molecule is C=C1CC[C@@H](C(C)C)[C@@H]2C=C(C)CC[C@]12OO. The summed E-state index contributed by atoms with van der Waals surface area (Å²) < 4.78 is 0. The van der Waals surface area contributed by atoms with Gasteiger partial charge in [-0.1, -0.05) is 32.1 Å². The molecule has 0 amide bonds. The Balaban J connectivity index is 2.40. The van der Waals surface area contributed by atoms with Crippen LogP contribution in [0, 0.1) is 17.8 Å². The normalized spacial score (nSPS) is 37.9. The maximum atomic E-state index is 9.44. The van der Waals surface area contributed by atoms with Gasteiger partial charge >= 0.3 is 0 Å². The number of rotatable bonds is 2. The highest BCUT2D eigenvalue weighted by molar-refractivity contribution is 5.28. The Hall–Kier alpha value is -0.600. The van der Waals surface area contributed by atoms with Gasteiger partial charge in [-0.15, -0.1) is 0 Å². The maximum Gasteiger partial charge on any atom is 0.131 e. The Labute approximate surface area is 104 Å². The van der Waals surface area contributed by atoms with Crippen molar-refractivity contribution < 1.29 is 10.1 Å². The quantitative estimate of drug-likeness (QED) is 0.442. The number of fused-ring (bicyclic) bond motifs is 1. The van der Waals surface area contributed by atoms with Crippen LogP contribution < -0.4 is 0 Å². The van der Waals surface area contributed by atoms with Crippen molar-refractivity contribution in [3.8, 4) is 0 Å². The summed E-state index contributed by atoms with van der Waals surface area (Å²) in [5, 5.41) is 9.44. The van der Waals surface area contributed by atoms with Crippen LogP contribution in [0.1, 0.15) is 46.5 Å². The largest absolute Gasteiger partial charge is 0.251 e. The summed E-state index contributed by atoms with van der Waals surface area (Å²) in [7, 11) is 0. The highest BCUT2D eigenvalue weighted by Crippen LogP contribution is 2.51. The van der Waals surface area contributed by atoms with Crippen LogP contribution >= 0.6 is 0 Å². The standard InChI is InChI=1S/C15H24O2/c1-10(2)13-6-5-12(4)15(17-16)8-7-11(3)9-14(13)15/h9-10,13-14,16H,4-8H2,1-3H3/t13-,14-,15-/m0/s1. The number of hydrogen-bond acceptors (Lipinski definition) is 2. The molecule has 1 fully saturated rings. The van der Waals surface area contributed by atoms with Gasteiger partial charge in [0.2, 0.25) is 0 Å². The molecule has 0 heterocycles. The lowest BCUT2D eigenvalue weighted by Crippen LogP contribution is -2.50. The molecule has 0 unspecified atom stereocenters. The van der Waals surface area contributed by atoms with Gasteiger partial charge < -0.3 is 0 Å². The molecule has 2 rings (SSSR count). The van der Waals surface area contributed by atoms with E-state index in [1.165, 1.54) is 5.57 Å². The molecule has 0 aromatic rings. The zero-order chi connectivity index (χ0) is 12.6. The lowest BCUT2D eigenvalue weighted by atomic mass is 9.59. The van der Waals surface area contributed by atoms with Crippen LogP contribution in [-0.4, -0.2) is 10.9 Å². The lowest BCUT2D eigenvalue weighted by Gasteiger charge is -2.49. The second kappa shape index (κ2) is 4.58. The third kappa shape index (κ3) is 1.98. The van der Waals surface area contributed by atoms with Crippen LogP contribution in [0.2, 0.25) is 0 Å². The predicted octanol–water partition coefficient (Wildman–Crippen LogP) is 4.19. The molecule has 0 spiro atoms. The van der Waals surface area contributed by atoms with Crippen LogP contribution in [0.3, 0.4) is 0 Å². The maximum absolute atomic E-state index is 9.44. The molecule has 0 bridgehead atoms. The van der Waals surface area contributed by atoms with E-state index in [4.69, 9.17) is 4.89 Å². The molecule has 2 aliphatic carbocycles. The second-order valence-electron chi connectivity index (χ2n) is 6.07. The second-order valence-corrected chi connectivity index (χ2v) is 6.07. The van der Waals surface area contributed by atoms with Crippen LogP contribution in [0.25, 0.3) is 0 Å². The van der Waals surface area contributed by atoms with Crippen molar-refractivity contribution >= 4 is 0 Å². The van der Waals surface area contributed by atoms with Gasteiger partial charge in [0.25, 0.3) is 0 Å². The molecule has 2 nitrogen and oxygen atoms in total. The van der Waals surface area contributed by atoms with E-state index < -0.39 is 5.60 Å². The molecule has 0 radical (unpaired) electrons. The van der Waals surface area contributed by atoms with Crippen molar-refractivity contribution in [3.63, 3.8) is 0 Å².